The van der Waals surface area contributed by atoms with Crippen LogP contribution >= 0.6 is 11.6 Å². The van der Waals surface area contributed by atoms with Gasteiger partial charge in [-0.25, -0.2) is 4.39 Å². The first-order chi connectivity index (χ1) is 10.1. The largest absolute Gasteiger partial charge is 0.384 e. The molecule has 0 radical (unpaired) electrons. The highest BCUT2D eigenvalue weighted by Gasteiger charge is 2.12. The number of hydrogen-bond donors (Lipinski definition) is 2. The third-order valence-corrected chi connectivity index (χ3v) is 2.84. The molecule has 2 aromatic carbocycles. The van der Waals surface area contributed by atoms with Crippen LogP contribution in [0.25, 0.3) is 0 Å². The number of nitrogens with one attached hydrogen (secondary N) is 1. The average Bonchev–Trinajstić information content (AvgIpc) is 2.45. The van der Waals surface area contributed by atoms with Crippen LogP contribution in [0.15, 0.2) is 42.5 Å². The maximum Gasteiger partial charge on any atom is 0.258 e. The molecule has 0 heterocycles. The number of aliphatic hydroxyl groups is 1. The number of benzene rings is 2. The van der Waals surface area contributed by atoms with Crippen molar-refractivity contribution in [3.63, 3.8) is 0 Å². The van der Waals surface area contributed by atoms with Crippen molar-refractivity contribution in [3.05, 3.63) is 64.4 Å². The number of hydrogen-bond acceptors (Lipinski definition) is 2. The Balaban J connectivity index is 2.20. The lowest BCUT2D eigenvalue weighted by molar-refractivity contribution is 0.102. The molecule has 1 amide bonds. The van der Waals surface area contributed by atoms with Gasteiger partial charge in [-0.2, -0.15) is 0 Å². The fourth-order valence-corrected chi connectivity index (χ4v) is 1.87. The second-order valence-electron chi connectivity index (χ2n) is 4.12. The van der Waals surface area contributed by atoms with Crippen LogP contribution in [0.3, 0.4) is 0 Å². The molecule has 0 saturated carbocycles. The van der Waals surface area contributed by atoms with Crippen molar-refractivity contribution in [1.29, 1.82) is 0 Å². The second kappa shape index (κ2) is 6.89. The van der Waals surface area contributed by atoms with Crippen molar-refractivity contribution in [3.8, 4) is 11.8 Å². The van der Waals surface area contributed by atoms with Crippen LogP contribution < -0.4 is 5.32 Å². The standard InChI is InChI=1S/C16H11ClFNO2/c17-12-4-1-5-13(10-12)19-16(21)14-7-6-11(3-2-8-20)9-15(14)18/h1,4-7,9-10,20H,8H2,(H,19,21). The van der Waals surface area contributed by atoms with Crippen molar-refractivity contribution in [2.75, 3.05) is 11.9 Å². The highest BCUT2D eigenvalue weighted by Crippen LogP contribution is 2.17. The van der Waals surface area contributed by atoms with Crippen LogP contribution in [0, 0.1) is 17.7 Å². The van der Waals surface area contributed by atoms with E-state index in [-0.39, 0.29) is 12.2 Å². The Kier molecular flexibility index (Phi) is 4.94. The quantitative estimate of drug-likeness (QED) is 0.838. The molecule has 0 atom stereocenters. The number of aliphatic hydroxyl groups excluding tert-OH is 1. The molecule has 0 fully saturated rings. The molecule has 0 aliphatic carbocycles. The minimum absolute atomic E-state index is 0.0930. The van der Waals surface area contributed by atoms with Crippen molar-refractivity contribution < 1.29 is 14.3 Å². The molecule has 0 saturated heterocycles. The topological polar surface area (TPSA) is 49.3 Å². The third-order valence-electron chi connectivity index (χ3n) is 2.61. The summed E-state index contributed by atoms with van der Waals surface area (Å²) in [5.74, 6) is 3.73. The summed E-state index contributed by atoms with van der Waals surface area (Å²) in [4.78, 5) is 12.0. The molecule has 0 bridgehead atoms. The van der Waals surface area contributed by atoms with E-state index in [2.05, 4.69) is 17.2 Å². The molecule has 0 aliphatic heterocycles. The summed E-state index contributed by atoms with van der Waals surface area (Å²) in [6, 6.07) is 10.6. The number of amides is 1. The molecule has 106 valence electrons. The van der Waals surface area contributed by atoms with E-state index in [9.17, 15) is 9.18 Å². The van der Waals surface area contributed by atoms with Crippen LogP contribution in [-0.4, -0.2) is 17.6 Å². The molecule has 5 heteroatoms. The van der Waals surface area contributed by atoms with Gasteiger partial charge in [-0.3, -0.25) is 4.79 Å². The minimum atomic E-state index is -0.681. The van der Waals surface area contributed by atoms with Gasteiger partial charge in [0.15, 0.2) is 0 Å². The summed E-state index contributed by atoms with van der Waals surface area (Å²) in [5, 5.41) is 11.6. The molecular weight excluding hydrogens is 293 g/mol. The maximum absolute atomic E-state index is 13.9. The van der Waals surface area contributed by atoms with E-state index in [0.717, 1.165) is 6.07 Å². The Morgan fingerprint density at radius 1 is 1.29 bits per heavy atom. The van der Waals surface area contributed by atoms with Crippen LogP contribution in [-0.2, 0) is 0 Å². The van der Waals surface area contributed by atoms with E-state index in [1.165, 1.54) is 12.1 Å². The monoisotopic (exact) mass is 303 g/mol. The van der Waals surface area contributed by atoms with Gasteiger partial charge in [-0.15, -0.1) is 0 Å². The Hall–Kier alpha value is -2.35. The van der Waals surface area contributed by atoms with Crippen molar-refractivity contribution in [2.24, 2.45) is 0 Å². The van der Waals surface area contributed by atoms with E-state index < -0.39 is 11.7 Å². The summed E-state index contributed by atoms with van der Waals surface area (Å²) in [5.41, 5.74) is 0.779. The van der Waals surface area contributed by atoms with Gasteiger partial charge in [0.05, 0.1) is 5.56 Å². The van der Waals surface area contributed by atoms with Crippen molar-refractivity contribution in [2.45, 2.75) is 0 Å². The van der Waals surface area contributed by atoms with Gasteiger partial charge >= 0.3 is 0 Å². The van der Waals surface area contributed by atoms with Gasteiger partial charge in [0, 0.05) is 16.3 Å². The molecule has 2 rings (SSSR count). The smallest absolute Gasteiger partial charge is 0.258 e. The first-order valence-electron chi connectivity index (χ1n) is 6.06. The normalized spacial score (nSPS) is 9.67. The number of rotatable bonds is 2. The van der Waals surface area contributed by atoms with Gasteiger partial charge in [-0.05, 0) is 36.4 Å². The van der Waals surface area contributed by atoms with Gasteiger partial charge in [0.25, 0.3) is 5.91 Å². The van der Waals surface area contributed by atoms with E-state index in [4.69, 9.17) is 16.7 Å². The summed E-state index contributed by atoms with van der Waals surface area (Å²) in [6.07, 6.45) is 0. The number of anilines is 1. The molecule has 3 nitrogen and oxygen atoms in total. The summed E-state index contributed by atoms with van der Waals surface area (Å²) >= 11 is 5.81. The highest BCUT2D eigenvalue weighted by atomic mass is 35.5. The van der Waals surface area contributed by atoms with E-state index >= 15 is 0 Å². The number of carbonyl (C=O) groups excluding carboxylic acids is 1. The number of carbonyl (C=O) groups is 1. The van der Waals surface area contributed by atoms with Crippen molar-refractivity contribution >= 4 is 23.2 Å². The Bertz CT molecular complexity index is 735. The maximum atomic E-state index is 13.9. The molecule has 0 aliphatic rings. The molecular formula is C16H11ClFNO2. The zero-order chi connectivity index (χ0) is 15.2. The third kappa shape index (κ3) is 4.06. The first kappa shape index (κ1) is 15.0. The molecule has 2 aromatic rings. The van der Waals surface area contributed by atoms with Gasteiger partial charge < -0.3 is 10.4 Å². The zero-order valence-corrected chi connectivity index (χ0v) is 11.6. The molecule has 0 unspecified atom stereocenters. The SMILES string of the molecule is O=C(Nc1cccc(Cl)c1)c1ccc(C#CCO)cc1F. The minimum Gasteiger partial charge on any atom is -0.384 e. The zero-order valence-electron chi connectivity index (χ0n) is 10.9. The Morgan fingerprint density at radius 3 is 2.76 bits per heavy atom. The van der Waals surface area contributed by atoms with Crippen molar-refractivity contribution in [1.82, 2.24) is 0 Å². The van der Waals surface area contributed by atoms with E-state index in [0.29, 0.717) is 16.3 Å². The summed E-state index contributed by atoms with van der Waals surface area (Å²) < 4.78 is 13.9. The van der Waals surface area contributed by atoms with Gasteiger partial charge in [0.2, 0.25) is 0 Å². The fourth-order valence-electron chi connectivity index (χ4n) is 1.68. The molecule has 21 heavy (non-hydrogen) atoms. The van der Waals surface area contributed by atoms with Gasteiger partial charge in [-0.1, -0.05) is 29.5 Å². The van der Waals surface area contributed by atoms with Crippen LogP contribution in [0.5, 0.6) is 0 Å². The Morgan fingerprint density at radius 2 is 2.10 bits per heavy atom. The van der Waals surface area contributed by atoms with Crippen LogP contribution in [0.4, 0.5) is 10.1 Å². The lowest BCUT2D eigenvalue weighted by Crippen LogP contribution is -2.13. The predicted octanol–water partition coefficient (Wildman–Crippen LogP) is 3.08. The predicted molar refractivity (Wildman–Crippen MR) is 79.8 cm³/mol. The van der Waals surface area contributed by atoms with Crippen LogP contribution in [0.1, 0.15) is 15.9 Å². The second-order valence-corrected chi connectivity index (χ2v) is 4.56. The van der Waals surface area contributed by atoms with E-state index in [1.807, 2.05) is 0 Å². The van der Waals surface area contributed by atoms with Crippen LogP contribution in [0.2, 0.25) is 5.02 Å². The number of halogens is 2. The average molecular weight is 304 g/mol. The Labute approximate surface area is 126 Å². The van der Waals surface area contributed by atoms with E-state index in [1.54, 1.807) is 24.3 Å². The summed E-state index contributed by atoms with van der Waals surface area (Å²) in [7, 11) is 0. The van der Waals surface area contributed by atoms with Gasteiger partial charge in [0.1, 0.15) is 12.4 Å². The molecule has 2 N–H and O–H groups in total. The lowest BCUT2D eigenvalue weighted by Gasteiger charge is -2.06. The first-order valence-corrected chi connectivity index (χ1v) is 6.44. The highest BCUT2D eigenvalue weighted by molar-refractivity contribution is 6.30. The lowest BCUT2D eigenvalue weighted by atomic mass is 10.1. The fraction of sp³-hybridized carbons (Fsp3) is 0.0625. The molecule has 0 aromatic heterocycles. The molecule has 0 spiro atoms. The summed E-state index contributed by atoms with van der Waals surface area (Å²) in [6.45, 7) is -0.307.